The van der Waals surface area contributed by atoms with Gasteiger partial charge in [0, 0.05) is 86.8 Å². The number of carbonyl (C=O) groups is 5. The molecule has 5 aliphatic rings. The molecule has 18 heteroatoms. The largest absolute Gasteiger partial charge is 0.368 e. The van der Waals surface area contributed by atoms with Gasteiger partial charge in [-0.25, -0.2) is 9.78 Å². The predicted molar refractivity (Wildman–Crippen MR) is 263 cm³/mol. The van der Waals surface area contributed by atoms with Crippen molar-refractivity contribution < 1.29 is 28.7 Å². The van der Waals surface area contributed by atoms with Crippen molar-refractivity contribution in [2.75, 3.05) is 55.4 Å². The van der Waals surface area contributed by atoms with Crippen molar-refractivity contribution in [1.82, 2.24) is 41.0 Å². The number of hydrogen-bond donors (Lipinski definition) is 6. The van der Waals surface area contributed by atoms with E-state index in [4.69, 9.17) is 16.3 Å². The molecule has 360 valence electrons. The van der Waals surface area contributed by atoms with Crippen LogP contribution in [0.2, 0.25) is 5.02 Å². The average molecular weight is 957 g/mol. The van der Waals surface area contributed by atoms with Crippen molar-refractivity contribution in [3.8, 4) is 11.8 Å². The highest BCUT2D eigenvalue weighted by Crippen LogP contribution is 2.31. The molecule has 6 amide bonds. The van der Waals surface area contributed by atoms with Crippen LogP contribution in [-0.2, 0) is 20.9 Å². The quantitative estimate of drug-likeness (QED) is 0.0732. The lowest BCUT2D eigenvalue weighted by Crippen LogP contribution is -2.54. The molecular weight excluding hydrogens is 898 g/mol. The Hall–Kier alpha value is -6.74. The van der Waals surface area contributed by atoms with E-state index in [1.807, 2.05) is 47.4 Å². The Morgan fingerprint density at radius 3 is 2.32 bits per heavy atom. The molecule has 2 saturated heterocycles. The molecule has 4 heterocycles. The number of amides is 6. The van der Waals surface area contributed by atoms with Crippen molar-refractivity contribution in [3.63, 3.8) is 0 Å². The lowest BCUT2D eigenvalue weighted by Gasteiger charge is -2.38. The SMILES string of the molecule is CNC(=O)c1ccccc1Nc1nc(Nc2ccc(N3CCN(C(=O)N[C@H]4CC[C@H](N[C@H]5CC[C@H](OCC#Cc6ccc7c(c6)CN(C6CCC(=O)NC6=O)C7=O)CC5)CC4)CC3)cc2)ncc1Cl. The lowest BCUT2D eigenvalue weighted by molar-refractivity contribution is -0.136. The second kappa shape index (κ2) is 21.7. The Balaban J connectivity index is 0.646. The summed E-state index contributed by atoms with van der Waals surface area (Å²) in [6.07, 6.45) is 10.3. The summed E-state index contributed by atoms with van der Waals surface area (Å²) in [6, 6.07) is 21.1. The molecule has 3 aliphatic heterocycles. The highest BCUT2D eigenvalue weighted by Gasteiger charge is 2.39. The second-order valence-corrected chi connectivity index (χ2v) is 18.7. The minimum absolute atomic E-state index is 0.0182. The third-order valence-electron chi connectivity index (χ3n) is 13.8. The van der Waals surface area contributed by atoms with Crippen molar-refractivity contribution in [2.24, 2.45) is 0 Å². The summed E-state index contributed by atoms with van der Waals surface area (Å²) in [4.78, 5) is 77.3. The van der Waals surface area contributed by atoms with Crippen LogP contribution in [0.4, 0.5) is 33.6 Å². The molecule has 1 aromatic heterocycles. The lowest BCUT2D eigenvalue weighted by atomic mass is 9.88. The van der Waals surface area contributed by atoms with Crippen LogP contribution in [0, 0.1) is 11.8 Å². The molecule has 1 unspecified atom stereocenters. The van der Waals surface area contributed by atoms with Gasteiger partial charge in [-0.3, -0.25) is 24.5 Å². The van der Waals surface area contributed by atoms with E-state index < -0.39 is 11.9 Å². The average Bonchev–Trinajstić information content (AvgIpc) is 3.69. The number of nitrogens with zero attached hydrogens (tertiary/aromatic N) is 5. The summed E-state index contributed by atoms with van der Waals surface area (Å²) in [6.45, 7) is 3.42. The molecule has 2 aliphatic carbocycles. The second-order valence-electron chi connectivity index (χ2n) is 18.3. The number of halogens is 1. The minimum atomic E-state index is -0.634. The fourth-order valence-electron chi connectivity index (χ4n) is 9.97. The molecule has 0 spiro atoms. The highest BCUT2D eigenvalue weighted by molar-refractivity contribution is 6.33. The zero-order valence-corrected chi connectivity index (χ0v) is 39.4. The van der Waals surface area contributed by atoms with Gasteiger partial charge in [0.25, 0.3) is 11.8 Å². The van der Waals surface area contributed by atoms with Crippen LogP contribution in [0.1, 0.15) is 96.1 Å². The molecule has 0 bridgehead atoms. The van der Waals surface area contributed by atoms with E-state index in [0.29, 0.717) is 78.3 Å². The third-order valence-corrected chi connectivity index (χ3v) is 14.1. The van der Waals surface area contributed by atoms with Gasteiger partial charge in [0.05, 0.1) is 23.6 Å². The van der Waals surface area contributed by atoms with Crippen molar-refractivity contribution in [2.45, 2.75) is 101 Å². The summed E-state index contributed by atoms with van der Waals surface area (Å²) < 4.78 is 6.15. The van der Waals surface area contributed by atoms with E-state index in [-0.39, 0.29) is 42.3 Å². The van der Waals surface area contributed by atoms with Crippen LogP contribution < -0.4 is 36.8 Å². The van der Waals surface area contributed by atoms with E-state index in [9.17, 15) is 24.0 Å². The molecule has 6 N–H and O–H groups in total. The van der Waals surface area contributed by atoms with Gasteiger partial charge < -0.3 is 46.0 Å². The van der Waals surface area contributed by atoms with E-state index in [0.717, 1.165) is 87.0 Å². The minimum Gasteiger partial charge on any atom is -0.368 e. The molecule has 4 aromatic rings. The maximum absolute atomic E-state index is 13.3. The van der Waals surface area contributed by atoms with Gasteiger partial charge in [-0.05, 0) is 118 Å². The van der Waals surface area contributed by atoms with Gasteiger partial charge in [-0.2, -0.15) is 4.98 Å². The van der Waals surface area contributed by atoms with Crippen molar-refractivity contribution >= 4 is 70.1 Å². The smallest absolute Gasteiger partial charge is 0.317 e. The summed E-state index contributed by atoms with van der Waals surface area (Å²) in [7, 11) is 1.58. The standard InChI is InChI=1S/C51H58ClN11O6/c1-53-47(65)41-6-2-3-7-43(41)58-46-42(52)30-54-50(60-46)56-36-13-17-38(18-14-36)61-24-26-62(27-25-61)51(68)57-37-11-9-34(10-12-37)55-35-15-19-39(20-16-35)69-28-4-5-32-8-21-40-33(29-32)31-63(49(40)67)44-22-23-45(64)59-48(44)66/h2-3,6-8,13-14,17-18,21,29-30,34-35,37,39,44,55H,9-12,15-16,19-20,22-28,31H2,1H3,(H,53,65)(H,57,68)(H,59,64,66)(H2,54,56,58,60)/t34-,35-,37-,39-,44?. The number of carbonyl (C=O) groups excluding carboxylic acids is 5. The first-order valence-corrected chi connectivity index (χ1v) is 24.4. The molecule has 4 fully saturated rings. The van der Waals surface area contributed by atoms with Crippen LogP contribution >= 0.6 is 11.6 Å². The summed E-state index contributed by atoms with van der Waals surface area (Å²) in [5.74, 6) is 5.90. The highest BCUT2D eigenvalue weighted by atomic mass is 35.5. The first-order valence-electron chi connectivity index (χ1n) is 24.0. The van der Waals surface area contributed by atoms with Crippen LogP contribution in [0.3, 0.4) is 0 Å². The number of piperidine rings is 1. The number of benzene rings is 3. The molecule has 17 nitrogen and oxygen atoms in total. The number of rotatable bonds is 12. The van der Waals surface area contributed by atoms with Gasteiger partial charge in [0.1, 0.15) is 17.7 Å². The van der Waals surface area contributed by atoms with Crippen molar-refractivity contribution in [1.29, 1.82) is 0 Å². The fourth-order valence-corrected chi connectivity index (χ4v) is 10.1. The van der Waals surface area contributed by atoms with Gasteiger partial charge in [-0.15, -0.1) is 0 Å². The number of anilines is 5. The van der Waals surface area contributed by atoms with Gasteiger partial charge in [-0.1, -0.05) is 35.6 Å². The number of nitrogens with one attached hydrogen (secondary N) is 6. The monoisotopic (exact) mass is 955 g/mol. The first kappa shape index (κ1) is 47.3. The Bertz CT molecular complexity index is 2610. The number of fused-ring (bicyclic) bond motifs is 1. The van der Waals surface area contributed by atoms with Gasteiger partial charge in [0.15, 0.2) is 5.82 Å². The van der Waals surface area contributed by atoms with Gasteiger partial charge in [0.2, 0.25) is 17.8 Å². The summed E-state index contributed by atoms with van der Waals surface area (Å²) in [5, 5.41) is 18.9. The number of aromatic nitrogens is 2. The number of piperazine rings is 1. The van der Waals surface area contributed by atoms with E-state index in [1.165, 1.54) is 6.20 Å². The number of imide groups is 1. The number of para-hydroxylation sites is 1. The first-order chi connectivity index (χ1) is 33.6. The molecule has 69 heavy (non-hydrogen) atoms. The molecule has 0 radical (unpaired) electrons. The zero-order chi connectivity index (χ0) is 47.9. The molecule has 2 saturated carbocycles. The zero-order valence-electron chi connectivity index (χ0n) is 38.7. The van der Waals surface area contributed by atoms with Crippen LogP contribution in [0.15, 0.2) is 72.9 Å². The number of urea groups is 1. The maximum atomic E-state index is 13.3. The molecule has 1 atom stereocenters. The summed E-state index contributed by atoms with van der Waals surface area (Å²) in [5.41, 5.74) is 5.12. The third kappa shape index (κ3) is 11.6. The number of hydrogen-bond acceptors (Lipinski definition) is 12. The Kier molecular flexibility index (Phi) is 14.9. The topological polar surface area (TPSA) is 202 Å². The van der Waals surface area contributed by atoms with E-state index in [2.05, 4.69) is 58.6 Å². The van der Waals surface area contributed by atoms with E-state index >= 15 is 0 Å². The summed E-state index contributed by atoms with van der Waals surface area (Å²) >= 11 is 6.42. The van der Waals surface area contributed by atoms with Gasteiger partial charge >= 0.3 is 6.03 Å². The van der Waals surface area contributed by atoms with Crippen LogP contribution in [-0.4, -0.2) is 120 Å². The van der Waals surface area contributed by atoms with Crippen molar-refractivity contribution in [3.05, 3.63) is 100 Å². The Labute approximate surface area is 406 Å². The molecule has 9 rings (SSSR count). The molecule has 3 aromatic carbocycles. The number of ether oxygens (including phenoxy) is 1. The van der Waals surface area contributed by atoms with Crippen LogP contribution in [0.25, 0.3) is 0 Å². The Morgan fingerprint density at radius 2 is 1.58 bits per heavy atom. The Morgan fingerprint density at radius 1 is 0.855 bits per heavy atom. The predicted octanol–water partition coefficient (Wildman–Crippen LogP) is 5.85. The normalized spacial score (nSPS) is 22.5. The fraction of sp³-hybridized carbons (Fsp3) is 0.431. The van der Waals surface area contributed by atoms with Crippen LogP contribution in [0.5, 0.6) is 0 Å². The molecular formula is C51H58ClN11O6. The van der Waals surface area contributed by atoms with E-state index in [1.54, 1.807) is 36.2 Å². The maximum Gasteiger partial charge on any atom is 0.317 e.